The largest absolute Gasteiger partial charge is 0.392 e. The Labute approximate surface area is 156 Å². The van der Waals surface area contributed by atoms with Gasteiger partial charge in [-0.2, -0.15) is 0 Å². The van der Waals surface area contributed by atoms with Gasteiger partial charge in [-0.1, -0.05) is 24.3 Å². The number of fused-ring (bicyclic) bond motifs is 1. The number of rotatable bonds is 7. The van der Waals surface area contributed by atoms with Gasteiger partial charge in [0.15, 0.2) is 0 Å². The van der Waals surface area contributed by atoms with E-state index in [0.29, 0.717) is 12.1 Å². The first-order valence-electron chi connectivity index (χ1n) is 8.77. The second kappa shape index (κ2) is 8.30. The van der Waals surface area contributed by atoms with E-state index in [0.717, 1.165) is 22.0 Å². The molecule has 0 aliphatic rings. The fraction of sp³-hybridized carbons (Fsp3) is 0.250. The molecule has 0 fully saturated rings. The highest BCUT2D eigenvalue weighted by molar-refractivity contribution is 5.98. The number of carbonyl (C=O) groups excluding carboxylic acids is 1. The molecule has 2 aromatic carbocycles. The zero-order valence-electron chi connectivity index (χ0n) is 14.8. The fourth-order valence-electron chi connectivity index (χ4n) is 2.92. The number of hydrogen-bond donors (Lipinski definition) is 5. The van der Waals surface area contributed by atoms with E-state index in [1.165, 1.54) is 12.1 Å². The molecule has 1 amide bonds. The van der Waals surface area contributed by atoms with Crippen LogP contribution in [0.1, 0.15) is 16.9 Å². The molecule has 3 aromatic rings. The third-order valence-electron chi connectivity index (χ3n) is 4.42. The number of aromatic nitrogens is 1. The summed E-state index contributed by atoms with van der Waals surface area (Å²) < 4.78 is 13.1. The predicted octanol–water partition coefficient (Wildman–Crippen LogP) is 1.74. The maximum atomic E-state index is 13.1. The second-order valence-corrected chi connectivity index (χ2v) is 6.59. The molecule has 3 rings (SSSR count). The van der Waals surface area contributed by atoms with E-state index < -0.39 is 6.10 Å². The summed E-state index contributed by atoms with van der Waals surface area (Å²) in [6.07, 6.45) is -0.348. The second-order valence-electron chi connectivity index (χ2n) is 6.59. The van der Waals surface area contributed by atoms with Gasteiger partial charge in [-0.25, -0.2) is 4.39 Å². The zero-order valence-corrected chi connectivity index (χ0v) is 14.8. The standard InChI is InChI=1S/C20H23FN4O2/c21-15-5-3-12(4-6-15)13-1-2-14-8-19(25-18(14)7-13)20(27)24-11-16(23)9-17(26)10-22/h1-8,16-17,25-26H,9-11,22-23H2,(H,24,27)/t16-,17-/m0/s1. The number of carbonyl (C=O) groups is 1. The topological polar surface area (TPSA) is 117 Å². The van der Waals surface area contributed by atoms with Crippen molar-refractivity contribution in [2.24, 2.45) is 11.5 Å². The molecule has 0 saturated carbocycles. The molecule has 0 saturated heterocycles. The maximum absolute atomic E-state index is 13.1. The number of halogens is 1. The van der Waals surface area contributed by atoms with Gasteiger partial charge in [0.1, 0.15) is 11.5 Å². The number of H-pyrrole nitrogens is 1. The molecule has 6 nitrogen and oxygen atoms in total. The number of nitrogens with two attached hydrogens (primary N) is 2. The number of aliphatic hydroxyl groups excluding tert-OH is 1. The van der Waals surface area contributed by atoms with Crippen LogP contribution in [0.15, 0.2) is 48.5 Å². The molecular formula is C20H23FN4O2. The molecule has 1 heterocycles. The predicted molar refractivity (Wildman–Crippen MR) is 104 cm³/mol. The minimum Gasteiger partial charge on any atom is -0.392 e. The van der Waals surface area contributed by atoms with Crippen LogP contribution >= 0.6 is 0 Å². The molecule has 0 unspecified atom stereocenters. The van der Waals surface area contributed by atoms with Crippen LogP contribution in [-0.4, -0.2) is 41.2 Å². The van der Waals surface area contributed by atoms with Crippen molar-refractivity contribution in [1.82, 2.24) is 10.3 Å². The van der Waals surface area contributed by atoms with Crippen LogP contribution in [0.2, 0.25) is 0 Å². The van der Waals surface area contributed by atoms with Gasteiger partial charge in [0.25, 0.3) is 5.91 Å². The van der Waals surface area contributed by atoms with Gasteiger partial charge in [-0.15, -0.1) is 0 Å². The molecule has 0 bridgehead atoms. The smallest absolute Gasteiger partial charge is 0.267 e. The van der Waals surface area contributed by atoms with E-state index in [9.17, 15) is 14.3 Å². The van der Waals surface area contributed by atoms with Gasteiger partial charge in [-0.3, -0.25) is 4.79 Å². The van der Waals surface area contributed by atoms with Crippen LogP contribution in [-0.2, 0) is 0 Å². The number of amides is 1. The summed E-state index contributed by atoms with van der Waals surface area (Å²) in [4.78, 5) is 15.4. The lowest BCUT2D eigenvalue weighted by Gasteiger charge is -2.15. The molecule has 0 radical (unpaired) electrons. The van der Waals surface area contributed by atoms with Gasteiger partial charge in [-0.05, 0) is 41.8 Å². The van der Waals surface area contributed by atoms with Crippen molar-refractivity contribution < 1.29 is 14.3 Å². The number of aromatic amines is 1. The number of nitrogens with one attached hydrogen (secondary N) is 2. The molecule has 0 aliphatic heterocycles. The van der Waals surface area contributed by atoms with E-state index in [1.54, 1.807) is 18.2 Å². The summed E-state index contributed by atoms with van der Waals surface area (Å²) in [6.45, 7) is 0.381. The first-order valence-corrected chi connectivity index (χ1v) is 8.77. The van der Waals surface area contributed by atoms with E-state index in [-0.39, 0.29) is 30.9 Å². The van der Waals surface area contributed by atoms with Crippen LogP contribution in [0.4, 0.5) is 4.39 Å². The van der Waals surface area contributed by atoms with Crippen LogP contribution in [0.25, 0.3) is 22.0 Å². The summed E-state index contributed by atoms with van der Waals surface area (Å²) in [5, 5.41) is 13.1. The molecule has 2 atom stereocenters. The summed E-state index contributed by atoms with van der Waals surface area (Å²) in [7, 11) is 0. The Morgan fingerprint density at radius 1 is 1.15 bits per heavy atom. The van der Waals surface area contributed by atoms with Gasteiger partial charge in [0.05, 0.1) is 6.10 Å². The van der Waals surface area contributed by atoms with Crippen molar-refractivity contribution in [3.05, 3.63) is 60.0 Å². The van der Waals surface area contributed by atoms with Crippen molar-refractivity contribution >= 4 is 16.8 Å². The quantitative estimate of drug-likeness (QED) is 0.435. The van der Waals surface area contributed by atoms with Crippen LogP contribution in [0.5, 0.6) is 0 Å². The Morgan fingerprint density at radius 3 is 2.56 bits per heavy atom. The van der Waals surface area contributed by atoms with Gasteiger partial charge in [0, 0.05) is 30.0 Å². The summed E-state index contributed by atoms with van der Waals surface area (Å²) in [5.74, 6) is -0.553. The van der Waals surface area contributed by atoms with Gasteiger partial charge >= 0.3 is 0 Å². The van der Waals surface area contributed by atoms with Crippen LogP contribution in [0, 0.1) is 5.82 Å². The fourth-order valence-corrected chi connectivity index (χ4v) is 2.92. The third-order valence-corrected chi connectivity index (χ3v) is 4.42. The molecule has 27 heavy (non-hydrogen) atoms. The molecule has 142 valence electrons. The Morgan fingerprint density at radius 2 is 1.85 bits per heavy atom. The lowest BCUT2D eigenvalue weighted by Crippen LogP contribution is -2.40. The molecule has 7 heteroatoms. The number of aliphatic hydroxyl groups is 1. The average molecular weight is 370 g/mol. The molecule has 0 aliphatic carbocycles. The van der Waals surface area contributed by atoms with Crippen LogP contribution in [0.3, 0.4) is 0 Å². The summed E-state index contributed by atoms with van der Waals surface area (Å²) >= 11 is 0. The minimum atomic E-state index is -0.671. The van der Waals surface area contributed by atoms with Gasteiger partial charge in [0.2, 0.25) is 0 Å². The first-order chi connectivity index (χ1) is 13.0. The third kappa shape index (κ3) is 4.71. The maximum Gasteiger partial charge on any atom is 0.267 e. The van der Waals surface area contributed by atoms with Crippen molar-refractivity contribution in [3.63, 3.8) is 0 Å². The number of benzene rings is 2. The lowest BCUT2D eigenvalue weighted by molar-refractivity contribution is 0.0941. The monoisotopic (exact) mass is 370 g/mol. The Hall–Kier alpha value is -2.74. The summed E-state index contributed by atoms with van der Waals surface area (Å²) in [6, 6.07) is 13.4. The van der Waals surface area contributed by atoms with Crippen molar-refractivity contribution in [2.75, 3.05) is 13.1 Å². The molecular weight excluding hydrogens is 347 g/mol. The van der Waals surface area contributed by atoms with E-state index >= 15 is 0 Å². The molecule has 7 N–H and O–H groups in total. The first kappa shape index (κ1) is 19.0. The van der Waals surface area contributed by atoms with Crippen molar-refractivity contribution in [1.29, 1.82) is 0 Å². The summed E-state index contributed by atoms with van der Waals surface area (Å²) in [5.41, 5.74) is 14.3. The highest BCUT2D eigenvalue weighted by atomic mass is 19.1. The Kier molecular flexibility index (Phi) is 5.85. The highest BCUT2D eigenvalue weighted by Crippen LogP contribution is 2.25. The van der Waals surface area contributed by atoms with Crippen LogP contribution < -0.4 is 16.8 Å². The normalized spacial score (nSPS) is 13.5. The van der Waals surface area contributed by atoms with Crippen molar-refractivity contribution in [2.45, 2.75) is 18.6 Å². The minimum absolute atomic E-state index is 0.139. The van der Waals surface area contributed by atoms with Gasteiger partial charge < -0.3 is 26.9 Å². The van der Waals surface area contributed by atoms with E-state index in [1.807, 2.05) is 18.2 Å². The molecule has 1 aromatic heterocycles. The average Bonchev–Trinajstić information content (AvgIpc) is 3.10. The Balaban J connectivity index is 1.70. The molecule has 0 spiro atoms. The Bertz CT molecular complexity index is 923. The zero-order chi connectivity index (χ0) is 19.4. The van der Waals surface area contributed by atoms with E-state index in [4.69, 9.17) is 11.5 Å². The number of hydrogen-bond acceptors (Lipinski definition) is 4. The van der Waals surface area contributed by atoms with E-state index in [2.05, 4.69) is 10.3 Å². The SMILES string of the molecule is NC[C@@H](O)C[C@H](N)CNC(=O)c1cc2ccc(-c3ccc(F)cc3)cc2[nH]1. The lowest BCUT2D eigenvalue weighted by atomic mass is 10.0. The van der Waals surface area contributed by atoms with Crippen molar-refractivity contribution in [3.8, 4) is 11.1 Å². The highest BCUT2D eigenvalue weighted by Gasteiger charge is 2.13.